The predicted molar refractivity (Wildman–Crippen MR) is 107 cm³/mol. The molecule has 1 fully saturated rings. The maximum Gasteiger partial charge on any atom is 0.161 e. The molecule has 1 aliphatic rings. The van der Waals surface area contributed by atoms with Gasteiger partial charge >= 0.3 is 0 Å². The molecule has 5 heteroatoms. The van der Waals surface area contributed by atoms with Gasteiger partial charge < -0.3 is 10.4 Å². The number of benzene rings is 2. The summed E-state index contributed by atoms with van der Waals surface area (Å²) in [7, 11) is 0. The monoisotopic (exact) mass is 379 g/mol. The summed E-state index contributed by atoms with van der Waals surface area (Å²) in [5.41, 5.74) is 2.51. The third kappa shape index (κ3) is 3.48. The third-order valence-electron chi connectivity index (χ3n) is 5.37. The number of halogens is 1. The van der Waals surface area contributed by atoms with Gasteiger partial charge in [0.2, 0.25) is 0 Å². The van der Waals surface area contributed by atoms with Gasteiger partial charge in [-0.1, -0.05) is 60.1 Å². The Hall–Kier alpha value is -2.27. The van der Waals surface area contributed by atoms with Crippen LogP contribution in [0.5, 0.6) is 0 Å². The molecule has 27 heavy (non-hydrogen) atoms. The lowest BCUT2D eigenvalue weighted by Crippen LogP contribution is -2.41. The normalized spacial score (nSPS) is 17.4. The highest BCUT2D eigenvalue weighted by Gasteiger charge is 2.39. The molecular weight excluding hydrogens is 358 g/mol. The minimum atomic E-state index is -0.851. The van der Waals surface area contributed by atoms with E-state index < -0.39 is 6.10 Å². The van der Waals surface area contributed by atoms with Gasteiger partial charge in [0, 0.05) is 16.6 Å². The number of rotatable bonds is 4. The summed E-state index contributed by atoms with van der Waals surface area (Å²) in [5, 5.41) is 14.9. The Morgan fingerprint density at radius 2 is 1.67 bits per heavy atom. The summed E-state index contributed by atoms with van der Waals surface area (Å²) in [6.45, 7) is 1.79. The molecule has 2 heterocycles. The van der Waals surface area contributed by atoms with Gasteiger partial charge in [-0.2, -0.15) is 0 Å². The molecule has 1 unspecified atom stereocenters. The summed E-state index contributed by atoms with van der Waals surface area (Å²) < 4.78 is 0. The molecule has 0 amide bonds. The highest BCUT2D eigenvalue weighted by Crippen LogP contribution is 2.42. The van der Waals surface area contributed by atoms with Crippen molar-refractivity contribution in [2.24, 2.45) is 0 Å². The van der Waals surface area contributed by atoms with Crippen molar-refractivity contribution in [1.82, 2.24) is 15.3 Å². The van der Waals surface area contributed by atoms with Crippen molar-refractivity contribution >= 4 is 11.6 Å². The van der Waals surface area contributed by atoms with Crippen LogP contribution in [0.15, 0.2) is 66.9 Å². The summed E-state index contributed by atoms with van der Waals surface area (Å²) in [6, 6.07) is 19.4. The molecule has 2 aromatic carbocycles. The SMILES string of the molecule is OC(c1ccccc1)c1nccc(C2(c3ccccc3Cl)CCNCC2)n1. The number of aromatic nitrogens is 2. The van der Waals surface area contributed by atoms with E-state index in [4.69, 9.17) is 16.6 Å². The molecular formula is C22H22ClN3O. The van der Waals surface area contributed by atoms with Crippen molar-refractivity contribution < 1.29 is 5.11 Å². The fourth-order valence-corrected chi connectivity index (χ4v) is 4.24. The molecule has 0 radical (unpaired) electrons. The molecule has 4 nitrogen and oxygen atoms in total. The lowest BCUT2D eigenvalue weighted by atomic mass is 9.70. The van der Waals surface area contributed by atoms with Crippen LogP contribution in [-0.2, 0) is 5.41 Å². The van der Waals surface area contributed by atoms with Gasteiger partial charge in [0.05, 0.1) is 5.69 Å². The van der Waals surface area contributed by atoms with Gasteiger partial charge in [0.1, 0.15) is 6.10 Å². The summed E-state index contributed by atoms with van der Waals surface area (Å²) in [5.74, 6) is 0.420. The molecule has 1 saturated heterocycles. The first-order chi connectivity index (χ1) is 13.2. The van der Waals surface area contributed by atoms with Crippen LogP contribution >= 0.6 is 11.6 Å². The van der Waals surface area contributed by atoms with E-state index in [9.17, 15) is 5.11 Å². The van der Waals surface area contributed by atoms with Crippen LogP contribution in [0.2, 0.25) is 5.02 Å². The number of nitrogens with one attached hydrogen (secondary N) is 1. The molecule has 2 N–H and O–H groups in total. The number of hydrogen-bond acceptors (Lipinski definition) is 4. The van der Waals surface area contributed by atoms with Crippen LogP contribution in [0.3, 0.4) is 0 Å². The smallest absolute Gasteiger partial charge is 0.161 e. The number of nitrogens with zero attached hydrogens (tertiary/aromatic N) is 2. The standard InChI is InChI=1S/C22H22ClN3O/c23-18-9-5-4-8-17(18)22(11-14-24-15-12-22)19-10-13-25-21(26-19)20(27)16-6-2-1-3-7-16/h1-10,13,20,24,27H,11-12,14-15H2. The maximum atomic E-state index is 10.8. The van der Waals surface area contributed by atoms with Crippen molar-refractivity contribution in [3.05, 3.63) is 94.5 Å². The second-order valence-corrected chi connectivity index (χ2v) is 7.33. The first-order valence-electron chi connectivity index (χ1n) is 9.23. The molecule has 3 aromatic rings. The minimum absolute atomic E-state index is 0.280. The summed E-state index contributed by atoms with van der Waals surface area (Å²) in [4.78, 5) is 9.16. The fraction of sp³-hybridized carbons (Fsp3) is 0.273. The van der Waals surface area contributed by atoms with E-state index in [2.05, 4.69) is 16.4 Å². The highest BCUT2D eigenvalue weighted by atomic mass is 35.5. The fourth-order valence-electron chi connectivity index (χ4n) is 3.92. The molecule has 1 atom stereocenters. The van der Waals surface area contributed by atoms with Crippen LogP contribution in [0, 0.1) is 0 Å². The Morgan fingerprint density at radius 3 is 2.41 bits per heavy atom. The molecule has 1 aliphatic heterocycles. The van der Waals surface area contributed by atoms with E-state index in [0.29, 0.717) is 5.82 Å². The Morgan fingerprint density at radius 1 is 0.963 bits per heavy atom. The average Bonchev–Trinajstić information content (AvgIpc) is 2.75. The molecule has 0 bridgehead atoms. The van der Waals surface area contributed by atoms with Crippen molar-refractivity contribution in [2.75, 3.05) is 13.1 Å². The summed E-state index contributed by atoms with van der Waals surface area (Å²) in [6.07, 6.45) is 2.68. The van der Waals surface area contributed by atoms with Crippen LogP contribution in [0.25, 0.3) is 0 Å². The molecule has 4 rings (SSSR count). The quantitative estimate of drug-likeness (QED) is 0.722. The second kappa shape index (κ2) is 7.77. The van der Waals surface area contributed by atoms with E-state index in [1.807, 2.05) is 54.6 Å². The van der Waals surface area contributed by atoms with Crippen LogP contribution in [0.4, 0.5) is 0 Å². The minimum Gasteiger partial charge on any atom is -0.380 e. The van der Waals surface area contributed by atoms with Gasteiger partial charge in [0.15, 0.2) is 5.82 Å². The number of aliphatic hydroxyl groups excluding tert-OH is 1. The Balaban J connectivity index is 1.79. The zero-order valence-electron chi connectivity index (χ0n) is 15.0. The van der Waals surface area contributed by atoms with Crippen molar-refractivity contribution in [3.8, 4) is 0 Å². The molecule has 0 spiro atoms. The third-order valence-corrected chi connectivity index (χ3v) is 5.70. The largest absolute Gasteiger partial charge is 0.380 e. The lowest BCUT2D eigenvalue weighted by molar-refractivity contribution is 0.208. The first-order valence-corrected chi connectivity index (χ1v) is 9.61. The number of hydrogen-bond donors (Lipinski definition) is 2. The van der Waals surface area contributed by atoms with Gasteiger partial charge in [0.25, 0.3) is 0 Å². The van der Waals surface area contributed by atoms with E-state index in [1.165, 1.54) is 0 Å². The Labute approximate surface area is 164 Å². The molecule has 0 saturated carbocycles. The zero-order valence-corrected chi connectivity index (χ0v) is 15.7. The van der Waals surface area contributed by atoms with Crippen molar-refractivity contribution in [2.45, 2.75) is 24.4 Å². The molecule has 0 aliphatic carbocycles. The summed E-state index contributed by atoms with van der Waals surface area (Å²) >= 11 is 6.58. The van der Waals surface area contributed by atoms with Crippen molar-refractivity contribution in [1.29, 1.82) is 0 Å². The van der Waals surface area contributed by atoms with Gasteiger partial charge in [-0.15, -0.1) is 0 Å². The maximum absolute atomic E-state index is 10.8. The molecule has 1 aromatic heterocycles. The van der Waals surface area contributed by atoms with E-state index in [1.54, 1.807) is 6.20 Å². The predicted octanol–water partition coefficient (Wildman–Crippen LogP) is 3.88. The van der Waals surface area contributed by atoms with Gasteiger partial charge in [-0.25, -0.2) is 9.97 Å². The van der Waals surface area contributed by atoms with Crippen LogP contribution in [-0.4, -0.2) is 28.2 Å². The zero-order chi connectivity index (χ0) is 18.7. The molecule has 138 valence electrons. The highest BCUT2D eigenvalue weighted by molar-refractivity contribution is 6.31. The van der Waals surface area contributed by atoms with Gasteiger partial charge in [-0.3, -0.25) is 0 Å². The lowest BCUT2D eigenvalue weighted by Gasteiger charge is -2.38. The Kier molecular flexibility index (Phi) is 5.21. The van der Waals surface area contributed by atoms with E-state index >= 15 is 0 Å². The van der Waals surface area contributed by atoms with Gasteiger partial charge in [-0.05, 0) is 49.2 Å². The van der Waals surface area contributed by atoms with Crippen LogP contribution < -0.4 is 5.32 Å². The van der Waals surface area contributed by atoms with E-state index in [-0.39, 0.29) is 5.41 Å². The number of aliphatic hydroxyl groups is 1. The van der Waals surface area contributed by atoms with Crippen LogP contribution in [0.1, 0.15) is 41.6 Å². The van der Waals surface area contributed by atoms with Crippen molar-refractivity contribution in [3.63, 3.8) is 0 Å². The topological polar surface area (TPSA) is 58.0 Å². The average molecular weight is 380 g/mol. The second-order valence-electron chi connectivity index (χ2n) is 6.93. The first kappa shape index (κ1) is 18.1. The Bertz CT molecular complexity index is 910. The number of piperidine rings is 1. The van der Waals surface area contributed by atoms with E-state index in [0.717, 1.165) is 47.8 Å².